The number of aryl methyl sites for hydroxylation is 3. The Bertz CT molecular complexity index is 892. The summed E-state index contributed by atoms with van der Waals surface area (Å²) in [5.41, 5.74) is 3.08. The quantitative estimate of drug-likeness (QED) is 0.476. The van der Waals surface area contributed by atoms with Gasteiger partial charge in [-0.25, -0.2) is 4.79 Å². The molecular weight excluding hydrogens is 348 g/mol. The van der Waals surface area contributed by atoms with Crippen LogP contribution in [0.25, 0.3) is 0 Å². The highest BCUT2D eigenvalue weighted by atomic mass is 16.6. The van der Waals surface area contributed by atoms with Crippen LogP contribution < -0.4 is 5.32 Å². The minimum Gasteiger partial charge on any atom is -0.452 e. The van der Waals surface area contributed by atoms with Gasteiger partial charge in [0.2, 0.25) is 0 Å². The number of nitro benzene ring substituents is 1. The number of rotatable bonds is 6. The van der Waals surface area contributed by atoms with Crippen molar-refractivity contribution >= 4 is 17.6 Å². The van der Waals surface area contributed by atoms with Gasteiger partial charge in [0.15, 0.2) is 6.61 Å². The molecule has 2 aromatic rings. The van der Waals surface area contributed by atoms with E-state index in [1.165, 1.54) is 25.1 Å². The lowest BCUT2D eigenvalue weighted by atomic mass is 10.0. The number of nitrogens with zero attached hydrogens (tertiary/aromatic N) is 1. The molecule has 0 aliphatic carbocycles. The predicted octanol–water partition coefficient (Wildman–Crippen LogP) is 3.55. The first-order valence-electron chi connectivity index (χ1n) is 8.48. The molecule has 1 atom stereocenters. The van der Waals surface area contributed by atoms with E-state index < -0.39 is 23.4 Å². The number of nitrogens with one attached hydrogen (secondary N) is 1. The van der Waals surface area contributed by atoms with Gasteiger partial charge in [0.05, 0.1) is 11.0 Å². The van der Waals surface area contributed by atoms with E-state index in [9.17, 15) is 19.7 Å². The highest BCUT2D eigenvalue weighted by Gasteiger charge is 2.24. The second-order valence-corrected chi connectivity index (χ2v) is 6.44. The molecule has 0 fully saturated rings. The van der Waals surface area contributed by atoms with Gasteiger partial charge < -0.3 is 10.1 Å². The average Bonchev–Trinajstić information content (AvgIpc) is 2.61. The van der Waals surface area contributed by atoms with Crippen LogP contribution in [-0.4, -0.2) is 23.4 Å². The highest BCUT2D eigenvalue weighted by Crippen LogP contribution is 2.23. The summed E-state index contributed by atoms with van der Waals surface area (Å²) in [7, 11) is 0. The Hall–Kier alpha value is -3.22. The molecule has 0 radical (unpaired) electrons. The zero-order chi connectivity index (χ0) is 20.1. The summed E-state index contributed by atoms with van der Waals surface area (Å²) in [6, 6.07) is 10.0. The van der Waals surface area contributed by atoms with E-state index in [0.717, 1.165) is 16.7 Å². The van der Waals surface area contributed by atoms with Gasteiger partial charge in [0, 0.05) is 5.56 Å². The van der Waals surface area contributed by atoms with Crippen LogP contribution >= 0.6 is 0 Å². The number of nitro groups is 1. The van der Waals surface area contributed by atoms with E-state index in [1.807, 2.05) is 39.0 Å². The Labute approximate surface area is 157 Å². The van der Waals surface area contributed by atoms with Crippen molar-refractivity contribution in [2.45, 2.75) is 33.7 Å². The lowest BCUT2D eigenvalue weighted by Crippen LogP contribution is -2.31. The number of carbonyl (C=O) groups excluding carboxylic acids is 2. The molecule has 0 bridgehead atoms. The summed E-state index contributed by atoms with van der Waals surface area (Å²) in [4.78, 5) is 34.8. The summed E-state index contributed by atoms with van der Waals surface area (Å²) < 4.78 is 4.96. The summed E-state index contributed by atoms with van der Waals surface area (Å²) in [6.07, 6.45) is 0. The Morgan fingerprint density at radius 1 is 1.11 bits per heavy atom. The van der Waals surface area contributed by atoms with E-state index in [2.05, 4.69) is 5.32 Å². The predicted molar refractivity (Wildman–Crippen MR) is 101 cm³/mol. The fraction of sp³-hybridized carbons (Fsp3) is 0.300. The molecule has 1 amide bonds. The molecular formula is C20H22N2O5. The van der Waals surface area contributed by atoms with Gasteiger partial charge in [0.1, 0.15) is 5.56 Å². The van der Waals surface area contributed by atoms with Crippen molar-refractivity contribution in [2.75, 3.05) is 6.61 Å². The van der Waals surface area contributed by atoms with E-state index in [-0.39, 0.29) is 17.3 Å². The van der Waals surface area contributed by atoms with Crippen LogP contribution in [0.15, 0.2) is 36.4 Å². The van der Waals surface area contributed by atoms with Crippen LogP contribution in [0.1, 0.15) is 45.6 Å². The highest BCUT2D eigenvalue weighted by molar-refractivity contribution is 5.95. The van der Waals surface area contributed by atoms with Crippen molar-refractivity contribution in [1.82, 2.24) is 5.32 Å². The molecule has 0 unspecified atom stereocenters. The third-order valence-electron chi connectivity index (χ3n) is 4.38. The van der Waals surface area contributed by atoms with Crippen LogP contribution in [0.4, 0.5) is 5.69 Å². The Morgan fingerprint density at radius 2 is 1.81 bits per heavy atom. The standard InChI is InChI=1S/C20H22N2O5/c1-12-8-9-16(10-14(12)3)15(4)21-18(23)11-27-20(24)17-7-5-6-13(2)19(17)22(25)26/h5-10,15H,11H2,1-4H3,(H,21,23)/t15-/m0/s1. The number of carbonyl (C=O) groups is 2. The molecule has 7 nitrogen and oxygen atoms in total. The molecule has 0 spiro atoms. The van der Waals surface area contributed by atoms with Gasteiger partial charge in [-0.15, -0.1) is 0 Å². The third-order valence-corrected chi connectivity index (χ3v) is 4.38. The number of para-hydroxylation sites is 1. The minimum atomic E-state index is -0.903. The van der Waals surface area contributed by atoms with Gasteiger partial charge >= 0.3 is 5.97 Å². The van der Waals surface area contributed by atoms with E-state index >= 15 is 0 Å². The summed E-state index contributed by atoms with van der Waals surface area (Å²) in [5.74, 6) is -1.39. The Kier molecular flexibility index (Phi) is 6.28. The first kappa shape index (κ1) is 20.1. The SMILES string of the molecule is Cc1ccc([C@H](C)NC(=O)COC(=O)c2cccc(C)c2[N+](=O)[O-])cc1C. The third kappa shape index (κ3) is 4.91. The maximum Gasteiger partial charge on any atom is 0.345 e. The fourth-order valence-corrected chi connectivity index (χ4v) is 2.68. The van der Waals surface area contributed by atoms with Crippen molar-refractivity contribution in [2.24, 2.45) is 0 Å². The van der Waals surface area contributed by atoms with Gasteiger partial charge in [-0.3, -0.25) is 14.9 Å². The van der Waals surface area contributed by atoms with Crippen LogP contribution in [0.3, 0.4) is 0 Å². The first-order chi connectivity index (χ1) is 12.7. The van der Waals surface area contributed by atoms with Crippen molar-refractivity contribution in [1.29, 1.82) is 0 Å². The number of hydrogen-bond acceptors (Lipinski definition) is 5. The summed E-state index contributed by atoms with van der Waals surface area (Å²) in [6.45, 7) is 6.84. The van der Waals surface area contributed by atoms with Gasteiger partial charge in [-0.05, 0) is 50.5 Å². The summed E-state index contributed by atoms with van der Waals surface area (Å²) in [5, 5.41) is 13.9. The second-order valence-electron chi connectivity index (χ2n) is 6.44. The largest absolute Gasteiger partial charge is 0.452 e. The van der Waals surface area contributed by atoms with Gasteiger partial charge in [0.25, 0.3) is 11.6 Å². The minimum absolute atomic E-state index is 0.171. The second kappa shape index (κ2) is 8.44. The molecule has 0 aliphatic heterocycles. The van der Waals surface area contributed by atoms with E-state index in [4.69, 9.17) is 4.74 Å². The topological polar surface area (TPSA) is 98.5 Å². The fourth-order valence-electron chi connectivity index (χ4n) is 2.68. The maximum absolute atomic E-state index is 12.2. The van der Waals surface area contributed by atoms with Crippen molar-refractivity contribution in [3.8, 4) is 0 Å². The van der Waals surface area contributed by atoms with Crippen LogP contribution in [0.2, 0.25) is 0 Å². The smallest absolute Gasteiger partial charge is 0.345 e. The molecule has 0 saturated carbocycles. The Balaban J connectivity index is 1.99. The van der Waals surface area contributed by atoms with Crippen molar-refractivity contribution in [3.63, 3.8) is 0 Å². The molecule has 0 saturated heterocycles. The summed E-state index contributed by atoms with van der Waals surface area (Å²) >= 11 is 0. The zero-order valence-corrected chi connectivity index (χ0v) is 15.7. The Morgan fingerprint density at radius 3 is 2.44 bits per heavy atom. The number of amides is 1. The first-order valence-corrected chi connectivity index (χ1v) is 8.48. The van der Waals surface area contributed by atoms with E-state index in [1.54, 1.807) is 0 Å². The van der Waals surface area contributed by atoms with Crippen molar-refractivity contribution in [3.05, 3.63) is 74.3 Å². The molecule has 7 heteroatoms. The van der Waals surface area contributed by atoms with Crippen LogP contribution in [-0.2, 0) is 9.53 Å². The molecule has 2 aromatic carbocycles. The lowest BCUT2D eigenvalue weighted by molar-refractivity contribution is -0.385. The van der Waals surface area contributed by atoms with Gasteiger partial charge in [-0.2, -0.15) is 0 Å². The molecule has 0 aliphatic rings. The number of ether oxygens (including phenoxy) is 1. The lowest BCUT2D eigenvalue weighted by Gasteiger charge is -2.16. The molecule has 27 heavy (non-hydrogen) atoms. The normalized spacial score (nSPS) is 11.6. The molecule has 0 heterocycles. The number of esters is 1. The molecule has 1 N–H and O–H groups in total. The molecule has 0 aromatic heterocycles. The average molecular weight is 370 g/mol. The number of benzene rings is 2. The molecule has 142 valence electrons. The van der Waals surface area contributed by atoms with Crippen molar-refractivity contribution < 1.29 is 19.2 Å². The molecule has 2 rings (SSSR count). The van der Waals surface area contributed by atoms with Crippen LogP contribution in [0.5, 0.6) is 0 Å². The van der Waals surface area contributed by atoms with Gasteiger partial charge in [-0.1, -0.05) is 30.3 Å². The van der Waals surface area contributed by atoms with E-state index in [0.29, 0.717) is 5.56 Å². The monoisotopic (exact) mass is 370 g/mol. The number of hydrogen-bond donors (Lipinski definition) is 1. The maximum atomic E-state index is 12.2. The van der Waals surface area contributed by atoms with Crippen LogP contribution in [0, 0.1) is 30.9 Å². The zero-order valence-electron chi connectivity index (χ0n) is 15.7.